The molecule has 0 radical (unpaired) electrons. The second-order valence-corrected chi connectivity index (χ2v) is 5.74. The molecular formula is C18H22N2O3. The van der Waals surface area contributed by atoms with Crippen LogP contribution in [-0.4, -0.2) is 30.0 Å². The fraction of sp³-hybridized carbons (Fsp3) is 0.389. The van der Waals surface area contributed by atoms with E-state index in [-0.39, 0.29) is 30.8 Å². The smallest absolute Gasteiger partial charge is 0.307 e. The summed E-state index contributed by atoms with van der Waals surface area (Å²) in [6.45, 7) is 5.71. The molecule has 0 aliphatic carbocycles. The van der Waals surface area contributed by atoms with Crippen molar-refractivity contribution in [2.75, 3.05) is 7.11 Å². The largest absolute Gasteiger partial charge is 0.469 e. The van der Waals surface area contributed by atoms with E-state index in [0.29, 0.717) is 0 Å². The lowest BCUT2D eigenvalue weighted by atomic mass is 9.99. The molecule has 2 rings (SSSR count). The molecule has 1 amide bonds. The van der Waals surface area contributed by atoms with Crippen LogP contribution in [0.1, 0.15) is 30.2 Å². The van der Waals surface area contributed by atoms with Gasteiger partial charge in [0.25, 0.3) is 0 Å². The summed E-state index contributed by atoms with van der Waals surface area (Å²) in [5.74, 6) is -0.456. The monoisotopic (exact) mass is 314 g/mol. The van der Waals surface area contributed by atoms with Crippen LogP contribution in [0.4, 0.5) is 0 Å². The van der Waals surface area contributed by atoms with E-state index < -0.39 is 0 Å². The number of ether oxygens (including phenoxy) is 1. The van der Waals surface area contributed by atoms with Gasteiger partial charge in [-0.05, 0) is 38.0 Å². The Bertz CT molecular complexity index is 740. The van der Waals surface area contributed by atoms with Gasteiger partial charge in [-0.15, -0.1) is 0 Å². The average Bonchev–Trinajstić information content (AvgIpc) is 2.51. The normalized spacial score (nSPS) is 12.0. The first-order valence-corrected chi connectivity index (χ1v) is 7.63. The van der Waals surface area contributed by atoms with Crippen molar-refractivity contribution >= 4 is 22.8 Å². The van der Waals surface area contributed by atoms with E-state index in [4.69, 9.17) is 0 Å². The first-order chi connectivity index (χ1) is 10.9. The number of carbonyl (C=O) groups is 2. The van der Waals surface area contributed by atoms with Crippen molar-refractivity contribution in [2.24, 2.45) is 0 Å². The lowest BCUT2D eigenvalue weighted by Gasteiger charge is -2.15. The van der Waals surface area contributed by atoms with Gasteiger partial charge in [0.05, 0.1) is 25.5 Å². The van der Waals surface area contributed by atoms with Gasteiger partial charge in [0.15, 0.2) is 0 Å². The predicted molar refractivity (Wildman–Crippen MR) is 89.2 cm³/mol. The highest BCUT2D eigenvalue weighted by atomic mass is 16.5. The van der Waals surface area contributed by atoms with E-state index in [1.54, 1.807) is 6.92 Å². The fourth-order valence-corrected chi connectivity index (χ4v) is 2.70. The third-order valence-corrected chi connectivity index (χ3v) is 3.93. The molecule has 0 saturated heterocycles. The summed E-state index contributed by atoms with van der Waals surface area (Å²) in [4.78, 5) is 28.1. The minimum absolute atomic E-state index is 0.121. The van der Waals surface area contributed by atoms with Crippen molar-refractivity contribution < 1.29 is 14.3 Å². The molecule has 23 heavy (non-hydrogen) atoms. The minimum atomic E-state index is -0.336. The van der Waals surface area contributed by atoms with E-state index in [1.807, 2.05) is 38.1 Å². The molecule has 1 unspecified atom stereocenters. The number of nitrogens with one attached hydrogen (secondary N) is 1. The summed E-state index contributed by atoms with van der Waals surface area (Å²) < 4.78 is 4.61. The molecule has 122 valence electrons. The van der Waals surface area contributed by atoms with Crippen LogP contribution in [0.2, 0.25) is 0 Å². The topological polar surface area (TPSA) is 68.3 Å². The first kappa shape index (κ1) is 16.9. The second kappa shape index (κ2) is 7.22. The summed E-state index contributed by atoms with van der Waals surface area (Å²) in [7, 11) is 1.34. The average molecular weight is 314 g/mol. The molecule has 0 bridgehead atoms. The molecule has 0 fully saturated rings. The highest BCUT2D eigenvalue weighted by molar-refractivity contribution is 5.86. The zero-order chi connectivity index (χ0) is 17.0. The predicted octanol–water partition coefficient (Wildman–Crippen LogP) is 2.46. The molecule has 1 aromatic heterocycles. The van der Waals surface area contributed by atoms with Crippen LogP contribution in [0.5, 0.6) is 0 Å². The Hall–Kier alpha value is -2.43. The molecule has 5 nitrogen and oxygen atoms in total. The van der Waals surface area contributed by atoms with Crippen molar-refractivity contribution in [1.82, 2.24) is 10.3 Å². The van der Waals surface area contributed by atoms with E-state index in [9.17, 15) is 9.59 Å². The molecule has 1 aromatic carbocycles. The Balaban J connectivity index is 2.15. The molecule has 1 atom stereocenters. The van der Waals surface area contributed by atoms with Gasteiger partial charge in [-0.1, -0.05) is 18.2 Å². The van der Waals surface area contributed by atoms with E-state index in [2.05, 4.69) is 15.0 Å². The Morgan fingerprint density at radius 1 is 1.26 bits per heavy atom. The molecule has 0 spiro atoms. The van der Waals surface area contributed by atoms with Gasteiger partial charge in [-0.2, -0.15) is 0 Å². The lowest BCUT2D eigenvalue weighted by Crippen LogP contribution is -2.35. The Labute approximate surface area is 136 Å². The number of para-hydroxylation sites is 1. The lowest BCUT2D eigenvalue weighted by molar-refractivity contribution is -0.141. The van der Waals surface area contributed by atoms with Crippen LogP contribution >= 0.6 is 0 Å². The molecule has 2 aromatic rings. The molecule has 5 heteroatoms. The number of nitrogens with zero attached hydrogens (tertiary/aromatic N) is 1. The number of benzene rings is 1. The summed E-state index contributed by atoms with van der Waals surface area (Å²) in [5.41, 5.74) is 3.80. The summed E-state index contributed by atoms with van der Waals surface area (Å²) in [6.07, 6.45) is 0.414. The number of esters is 1. The van der Waals surface area contributed by atoms with Crippen molar-refractivity contribution in [2.45, 2.75) is 39.7 Å². The van der Waals surface area contributed by atoms with Gasteiger partial charge >= 0.3 is 5.97 Å². The summed E-state index contributed by atoms with van der Waals surface area (Å²) in [6, 6.07) is 7.64. The number of hydrogen-bond acceptors (Lipinski definition) is 4. The van der Waals surface area contributed by atoms with Crippen LogP contribution in [0.15, 0.2) is 24.3 Å². The van der Waals surface area contributed by atoms with E-state index in [1.165, 1.54) is 7.11 Å². The number of aromatic nitrogens is 1. The zero-order valence-electron chi connectivity index (χ0n) is 14.0. The van der Waals surface area contributed by atoms with Crippen molar-refractivity contribution in [3.05, 3.63) is 41.1 Å². The van der Waals surface area contributed by atoms with Crippen LogP contribution in [0.25, 0.3) is 10.9 Å². The number of pyridine rings is 1. The van der Waals surface area contributed by atoms with Gasteiger partial charge < -0.3 is 10.1 Å². The molecule has 0 saturated carbocycles. The zero-order valence-corrected chi connectivity index (χ0v) is 14.0. The molecule has 0 aliphatic rings. The van der Waals surface area contributed by atoms with Crippen LogP contribution < -0.4 is 5.32 Å². The number of amides is 1. The van der Waals surface area contributed by atoms with Crippen molar-refractivity contribution in [3.63, 3.8) is 0 Å². The number of methoxy groups -OCH3 is 1. The third-order valence-electron chi connectivity index (χ3n) is 3.93. The first-order valence-electron chi connectivity index (χ1n) is 7.63. The van der Waals surface area contributed by atoms with Gasteiger partial charge in [0.1, 0.15) is 0 Å². The minimum Gasteiger partial charge on any atom is -0.469 e. The summed E-state index contributed by atoms with van der Waals surface area (Å²) in [5, 5.41) is 3.89. The number of rotatable bonds is 5. The highest BCUT2D eigenvalue weighted by Crippen LogP contribution is 2.22. The van der Waals surface area contributed by atoms with Gasteiger partial charge in [0.2, 0.25) is 5.91 Å². The number of hydrogen-bond donors (Lipinski definition) is 1. The third kappa shape index (κ3) is 4.06. The molecule has 1 heterocycles. The van der Waals surface area contributed by atoms with Gasteiger partial charge in [0, 0.05) is 17.1 Å². The Morgan fingerprint density at radius 2 is 1.96 bits per heavy atom. The van der Waals surface area contributed by atoms with Crippen molar-refractivity contribution in [3.8, 4) is 0 Å². The maximum atomic E-state index is 12.2. The van der Waals surface area contributed by atoms with E-state index in [0.717, 1.165) is 27.7 Å². The molecule has 0 aliphatic heterocycles. The van der Waals surface area contributed by atoms with Crippen molar-refractivity contribution in [1.29, 1.82) is 0 Å². The SMILES string of the molecule is COC(=O)CC(C)NC(=O)Cc1c(C)nc2ccccc2c1C. The van der Waals surface area contributed by atoms with E-state index >= 15 is 0 Å². The van der Waals surface area contributed by atoms with Crippen LogP contribution in [0, 0.1) is 13.8 Å². The Kier molecular flexibility index (Phi) is 5.32. The Morgan fingerprint density at radius 3 is 2.65 bits per heavy atom. The highest BCUT2D eigenvalue weighted by Gasteiger charge is 2.16. The van der Waals surface area contributed by atoms with Crippen LogP contribution in [0.3, 0.4) is 0 Å². The van der Waals surface area contributed by atoms with Gasteiger partial charge in [-0.25, -0.2) is 0 Å². The van der Waals surface area contributed by atoms with Gasteiger partial charge in [-0.3, -0.25) is 14.6 Å². The standard InChI is InChI=1S/C18H22N2O3/c1-11(9-18(22)23-4)19-17(21)10-15-12(2)14-7-5-6-8-16(14)20-13(15)3/h5-8,11H,9-10H2,1-4H3,(H,19,21). The molecular weight excluding hydrogens is 292 g/mol. The number of aryl methyl sites for hydroxylation is 2. The number of carbonyl (C=O) groups excluding carboxylic acids is 2. The number of fused-ring (bicyclic) bond motifs is 1. The van der Waals surface area contributed by atoms with Crippen LogP contribution in [-0.2, 0) is 20.7 Å². The molecule has 1 N–H and O–H groups in total. The maximum Gasteiger partial charge on any atom is 0.307 e. The summed E-state index contributed by atoms with van der Waals surface area (Å²) >= 11 is 0. The second-order valence-electron chi connectivity index (χ2n) is 5.74. The maximum absolute atomic E-state index is 12.2. The fourth-order valence-electron chi connectivity index (χ4n) is 2.70. The quantitative estimate of drug-likeness (QED) is 0.861.